The van der Waals surface area contributed by atoms with Crippen LogP contribution >= 0.6 is 0 Å². The van der Waals surface area contributed by atoms with Gasteiger partial charge in [-0.05, 0) is 18.2 Å². The summed E-state index contributed by atoms with van der Waals surface area (Å²) in [5, 5.41) is 15.0. The molecule has 0 aliphatic rings. The molecule has 21 heavy (non-hydrogen) atoms. The molecule has 0 fully saturated rings. The molecule has 1 amide bonds. The summed E-state index contributed by atoms with van der Waals surface area (Å²) in [5.74, 6) is 4.49. The number of amides is 1. The maximum absolute atomic E-state index is 13.3. The highest BCUT2D eigenvalue weighted by molar-refractivity contribution is 5.96. The van der Waals surface area contributed by atoms with Crippen molar-refractivity contribution in [1.29, 1.82) is 0 Å². The van der Waals surface area contributed by atoms with Gasteiger partial charge in [0.15, 0.2) is 0 Å². The second kappa shape index (κ2) is 7.22. The van der Waals surface area contributed by atoms with E-state index in [1.807, 2.05) is 0 Å². The summed E-state index contributed by atoms with van der Waals surface area (Å²) >= 11 is 0. The van der Waals surface area contributed by atoms with Gasteiger partial charge in [0, 0.05) is 18.1 Å². The lowest BCUT2D eigenvalue weighted by atomic mass is 10.1. The summed E-state index contributed by atoms with van der Waals surface area (Å²) in [4.78, 5) is 12.1. The number of carbonyl (C=O) groups excluding carboxylic acids is 1. The first-order valence-electron chi connectivity index (χ1n) is 6.27. The van der Waals surface area contributed by atoms with Crippen molar-refractivity contribution < 1.29 is 18.8 Å². The lowest BCUT2D eigenvalue weighted by molar-refractivity contribution is 0.0950. The van der Waals surface area contributed by atoms with Gasteiger partial charge in [-0.3, -0.25) is 4.79 Å². The minimum absolute atomic E-state index is 0.0873. The van der Waals surface area contributed by atoms with Crippen molar-refractivity contribution >= 4 is 5.91 Å². The number of hydrogen-bond acceptors (Lipinski definition) is 4. The molecule has 2 aromatic rings. The zero-order valence-corrected chi connectivity index (χ0v) is 11.1. The number of aliphatic hydroxyl groups excluding tert-OH is 1. The van der Waals surface area contributed by atoms with Gasteiger partial charge in [-0.1, -0.05) is 17.0 Å². The molecular formula is C15H13FN2O3. The summed E-state index contributed by atoms with van der Waals surface area (Å²) < 4.78 is 17.9. The molecule has 108 valence electrons. The van der Waals surface area contributed by atoms with Crippen LogP contribution in [0.4, 0.5) is 4.39 Å². The van der Waals surface area contributed by atoms with Crippen molar-refractivity contribution in [3.8, 4) is 11.8 Å². The van der Waals surface area contributed by atoms with Crippen molar-refractivity contribution in [3.05, 3.63) is 53.2 Å². The van der Waals surface area contributed by atoms with Crippen LogP contribution in [0.3, 0.4) is 0 Å². The molecule has 0 spiro atoms. The molecule has 1 aromatic carbocycles. The Hall–Kier alpha value is -2.65. The number of hydrogen-bond donors (Lipinski definition) is 2. The first-order valence-corrected chi connectivity index (χ1v) is 6.27. The molecule has 2 N–H and O–H groups in total. The van der Waals surface area contributed by atoms with Crippen molar-refractivity contribution in [2.45, 2.75) is 13.0 Å². The Bertz CT molecular complexity index is 672. The van der Waals surface area contributed by atoms with Gasteiger partial charge in [0.1, 0.15) is 17.8 Å². The van der Waals surface area contributed by atoms with Gasteiger partial charge >= 0.3 is 0 Å². The van der Waals surface area contributed by atoms with Crippen molar-refractivity contribution in [2.75, 3.05) is 6.61 Å². The molecule has 0 saturated heterocycles. The normalized spacial score (nSPS) is 9.81. The molecule has 5 nitrogen and oxygen atoms in total. The van der Waals surface area contributed by atoms with E-state index in [1.165, 1.54) is 24.5 Å². The van der Waals surface area contributed by atoms with E-state index in [4.69, 9.17) is 5.11 Å². The molecule has 0 bridgehead atoms. The monoisotopic (exact) mass is 288 g/mol. The van der Waals surface area contributed by atoms with Crippen LogP contribution in [-0.2, 0) is 6.54 Å². The highest BCUT2D eigenvalue weighted by atomic mass is 19.1. The maximum atomic E-state index is 13.3. The topological polar surface area (TPSA) is 75.4 Å². The molecule has 0 atom stereocenters. The fourth-order valence-electron chi connectivity index (χ4n) is 1.63. The van der Waals surface area contributed by atoms with Gasteiger partial charge < -0.3 is 14.9 Å². The molecular weight excluding hydrogens is 275 g/mol. The highest BCUT2D eigenvalue weighted by Crippen LogP contribution is 2.11. The molecule has 2 rings (SSSR count). The number of rotatable bonds is 4. The van der Waals surface area contributed by atoms with E-state index in [9.17, 15) is 9.18 Å². The van der Waals surface area contributed by atoms with Gasteiger partial charge in [-0.25, -0.2) is 4.39 Å². The number of nitrogens with one attached hydrogen (secondary N) is 1. The lowest BCUT2D eigenvalue weighted by Gasteiger charge is -2.05. The average Bonchev–Trinajstić information content (AvgIpc) is 2.98. The molecule has 0 radical (unpaired) electrons. The zero-order valence-electron chi connectivity index (χ0n) is 11.1. The van der Waals surface area contributed by atoms with E-state index in [1.54, 1.807) is 6.07 Å². The van der Waals surface area contributed by atoms with E-state index >= 15 is 0 Å². The fraction of sp³-hybridized carbons (Fsp3) is 0.200. The van der Waals surface area contributed by atoms with Gasteiger partial charge in [0.25, 0.3) is 5.91 Å². The molecule has 6 heteroatoms. The second-order valence-electron chi connectivity index (χ2n) is 4.14. The number of nitrogens with zero attached hydrogens (tertiary/aromatic N) is 1. The number of carbonyl (C=O) groups is 1. The number of benzene rings is 1. The fourth-order valence-corrected chi connectivity index (χ4v) is 1.63. The Kier molecular flexibility index (Phi) is 5.07. The highest BCUT2D eigenvalue weighted by Gasteiger charge is 2.11. The van der Waals surface area contributed by atoms with Crippen LogP contribution in [0.2, 0.25) is 0 Å². The minimum Gasteiger partial charge on any atom is -0.395 e. The van der Waals surface area contributed by atoms with E-state index in [-0.39, 0.29) is 36.6 Å². The standard InChI is InChI=1S/C15H13FN2O3/c16-12-4-5-14(11(9-12)3-1-2-7-19)15(20)17-10-13-6-8-21-18-13/h4-6,8-9,19H,2,7,10H2,(H,17,20). The minimum atomic E-state index is -0.476. The Labute approximate surface area is 120 Å². The van der Waals surface area contributed by atoms with Gasteiger partial charge in [0.2, 0.25) is 0 Å². The third-order valence-corrected chi connectivity index (χ3v) is 2.61. The predicted octanol–water partition coefficient (Wildman–Crippen LogP) is 1.48. The Morgan fingerprint density at radius 2 is 2.29 bits per heavy atom. The van der Waals surface area contributed by atoms with E-state index < -0.39 is 5.82 Å². The van der Waals surface area contributed by atoms with Crippen molar-refractivity contribution in [1.82, 2.24) is 10.5 Å². The summed E-state index contributed by atoms with van der Waals surface area (Å²) in [6, 6.07) is 5.39. The van der Waals surface area contributed by atoms with Crippen molar-refractivity contribution in [2.24, 2.45) is 0 Å². The smallest absolute Gasteiger partial charge is 0.252 e. The van der Waals surface area contributed by atoms with Crippen LogP contribution in [0.5, 0.6) is 0 Å². The predicted molar refractivity (Wildman–Crippen MR) is 72.7 cm³/mol. The second-order valence-corrected chi connectivity index (χ2v) is 4.14. The van der Waals surface area contributed by atoms with Crippen molar-refractivity contribution in [3.63, 3.8) is 0 Å². The third kappa shape index (κ3) is 4.16. The molecule has 1 aromatic heterocycles. The quantitative estimate of drug-likeness (QED) is 0.836. The van der Waals surface area contributed by atoms with Crippen LogP contribution in [0.25, 0.3) is 0 Å². The molecule has 0 aliphatic carbocycles. The number of aromatic nitrogens is 1. The Morgan fingerprint density at radius 1 is 1.43 bits per heavy atom. The van der Waals surface area contributed by atoms with Gasteiger partial charge in [-0.2, -0.15) is 0 Å². The Balaban J connectivity index is 2.14. The van der Waals surface area contributed by atoms with Gasteiger partial charge in [0.05, 0.1) is 18.7 Å². The summed E-state index contributed by atoms with van der Waals surface area (Å²) in [5.41, 5.74) is 1.13. The molecule has 0 saturated carbocycles. The number of halogens is 1. The third-order valence-electron chi connectivity index (χ3n) is 2.61. The zero-order chi connectivity index (χ0) is 15.1. The summed E-state index contributed by atoms with van der Waals surface area (Å²) in [6.07, 6.45) is 1.67. The first-order chi connectivity index (χ1) is 10.2. The SMILES string of the molecule is O=C(NCc1ccon1)c1ccc(F)cc1C#CCCO. The summed E-state index contributed by atoms with van der Waals surface area (Å²) in [7, 11) is 0. The van der Waals surface area contributed by atoms with E-state index in [2.05, 4.69) is 26.8 Å². The van der Waals surface area contributed by atoms with Crippen LogP contribution in [-0.4, -0.2) is 22.8 Å². The number of aliphatic hydroxyl groups is 1. The maximum Gasteiger partial charge on any atom is 0.252 e. The molecule has 0 unspecified atom stereocenters. The molecule has 0 aliphatic heterocycles. The summed E-state index contributed by atoms with van der Waals surface area (Å²) in [6.45, 7) is 0.117. The van der Waals surface area contributed by atoms with Crippen LogP contribution in [0.1, 0.15) is 28.0 Å². The first kappa shape index (κ1) is 14.8. The van der Waals surface area contributed by atoms with Crippen LogP contribution < -0.4 is 5.32 Å². The molecule has 1 heterocycles. The average molecular weight is 288 g/mol. The van der Waals surface area contributed by atoms with E-state index in [0.29, 0.717) is 5.69 Å². The largest absolute Gasteiger partial charge is 0.395 e. The van der Waals surface area contributed by atoms with Crippen LogP contribution in [0, 0.1) is 17.7 Å². The van der Waals surface area contributed by atoms with Gasteiger partial charge in [-0.15, -0.1) is 0 Å². The van der Waals surface area contributed by atoms with Crippen LogP contribution in [0.15, 0.2) is 35.1 Å². The van der Waals surface area contributed by atoms with E-state index in [0.717, 1.165) is 0 Å². The Morgan fingerprint density at radius 3 is 3.00 bits per heavy atom. The lowest BCUT2D eigenvalue weighted by Crippen LogP contribution is -2.23.